The van der Waals surface area contributed by atoms with Crippen LogP contribution in [0.5, 0.6) is 0 Å². The summed E-state index contributed by atoms with van der Waals surface area (Å²) in [5.74, 6) is 5.71. The minimum atomic E-state index is -0.431. The van der Waals surface area contributed by atoms with Gasteiger partial charge in [0, 0.05) is 78.5 Å². The maximum atomic E-state index is 12.2. The fourth-order valence-electron chi connectivity index (χ4n) is 5.87. The van der Waals surface area contributed by atoms with E-state index in [-0.39, 0.29) is 0 Å². The van der Waals surface area contributed by atoms with E-state index in [1.54, 1.807) is 61.2 Å². The number of methoxy groups -OCH3 is 1. The lowest BCUT2D eigenvalue weighted by Gasteiger charge is -2.13. The molecule has 256 valence electrons. The number of ether oxygens (including phenoxy) is 1. The number of esters is 1. The molecule has 5 N–H and O–H groups in total. The molecule has 4 aromatic carbocycles. The number of aromatic nitrogens is 4. The number of rotatable bonds is 6. The first-order valence-corrected chi connectivity index (χ1v) is 16.6. The van der Waals surface area contributed by atoms with E-state index < -0.39 is 11.9 Å². The van der Waals surface area contributed by atoms with Gasteiger partial charge in [0.05, 0.1) is 29.3 Å². The van der Waals surface area contributed by atoms with Crippen LogP contribution < -0.4 is 21.9 Å². The van der Waals surface area contributed by atoms with E-state index in [9.17, 15) is 9.59 Å². The van der Waals surface area contributed by atoms with Crippen molar-refractivity contribution >= 4 is 101 Å². The van der Waals surface area contributed by atoms with Crippen LogP contribution >= 0.6 is 23.2 Å². The molecule has 0 spiro atoms. The molecule has 1 amide bonds. The van der Waals surface area contributed by atoms with Crippen molar-refractivity contribution in [3.05, 3.63) is 143 Å². The van der Waals surface area contributed by atoms with E-state index in [1.807, 2.05) is 60.7 Å². The number of nitrogens with two attached hydrogens (primary N) is 1. The van der Waals surface area contributed by atoms with Crippen molar-refractivity contribution in [2.45, 2.75) is 0 Å². The Labute approximate surface area is 306 Å². The van der Waals surface area contributed by atoms with Gasteiger partial charge in [-0.2, -0.15) is 0 Å². The molecule has 4 heterocycles. The van der Waals surface area contributed by atoms with Crippen molar-refractivity contribution in [2.24, 2.45) is 5.84 Å². The maximum absolute atomic E-state index is 12.2. The normalized spacial score (nSPS) is 10.8. The molecule has 4 aromatic heterocycles. The lowest BCUT2D eigenvalue weighted by molar-refractivity contribution is 0.0602. The third-order valence-electron chi connectivity index (χ3n) is 8.21. The van der Waals surface area contributed by atoms with Crippen LogP contribution in [-0.2, 0) is 4.74 Å². The Hall–Kier alpha value is -6.40. The van der Waals surface area contributed by atoms with Crippen molar-refractivity contribution in [2.75, 3.05) is 17.7 Å². The highest BCUT2D eigenvalue weighted by atomic mass is 35.5. The third-order valence-corrected chi connectivity index (χ3v) is 8.68. The minimum absolute atomic E-state index is 0.393. The minimum Gasteiger partial charge on any atom is -0.465 e. The van der Waals surface area contributed by atoms with Crippen LogP contribution in [0.1, 0.15) is 20.7 Å². The Bertz CT molecular complexity index is 2470. The molecule has 0 atom stereocenters. The molecule has 13 heteroatoms. The first kappa shape index (κ1) is 34.1. The number of para-hydroxylation sites is 2. The molecule has 0 saturated carbocycles. The average molecular weight is 728 g/mol. The number of halogens is 2. The number of benzene rings is 4. The molecule has 0 aliphatic rings. The molecule has 11 nitrogen and oxygen atoms in total. The first-order chi connectivity index (χ1) is 25.3. The Kier molecular flexibility index (Phi) is 9.72. The van der Waals surface area contributed by atoms with Gasteiger partial charge < -0.3 is 15.4 Å². The predicted molar refractivity (Wildman–Crippen MR) is 207 cm³/mol. The topological polar surface area (TPSA) is 157 Å². The van der Waals surface area contributed by atoms with Gasteiger partial charge in [0.2, 0.25) is 0 Å². The van der Waals surface area contributed by atoms with Crippen molar-refractivity contribution in [1.82, 2.24) is 25.4 Å². The molecule has 52 heavy (non-hydrogen) atoms. The van der Waals surface area contributed by atoms with Crippen LogP contribution in [0.4, 0.5) is 23.0 Å². The van der Waals surface area contributed by atoms with E-state index in [1.165, 1.54) is 7.11 Å². The second-order valence-electron chi connectivity index (χ2n) is 11.4. The number of hydrogen-bond acceptors (Lipinski definition) is 10. The van der Waals surface area contributed by atoms with Gasteiger partial charge in [-0.15, -0.1) is 0 Å². The summed E-state index contributed by atoms with van der Waals surface area (Å²) in [6.45, 7) is 0. The number of fused-ring (bicyclic) bond motifs is 6. The summed E-state index contributed by atoms with van der Waals surface area (Å²) in [7, 11) is 1.36. The van der Waals surface area contributed by atoms with Crippen molar-refractivity contribution in [3.8, 4) is 0 Å². The highest BCUT2D eigenvalue weighted by Gasteiger charge is 2.17. The third kappa shape index (κ3) is 6.83. The van der Waals surface area contributed by atoms with Crippen molar-refractivity contribution in [3.63, 3.8) is 0 Å². The Balaban J connectivity index is 0.000000162. The molecule has 8 rings (SSSR count). The van der Waals surface area contributed by atoms with Crippen molar-refractivity contribution in [1.29, 1.82) is 0 Å². The van der Waals surface area contributed by atoms with E-state index in [0.29, 0.717) is 43.8 Å². The highest BCUT2D eigenvalue weighted by molar-refractivity contribution is 6.31. The zero-order valence-electron chi connectivity index (χ0n) is 27.4. The number of pyridine rings is 4. The summed E-state index contributed by atoms with van der Waals surface area (Å²) in [5, 5.41) is 13.0. The number of anilines is 4. The summed E-state index contributed by atoms with van der Waals surface area (Å²) in [5.41, 5.74) is 5.67. The van der Waals surface area contributed by atoms with Gasteiger partial charge in [0.15, 0.2) is 0 Å². The largest absolute Gasteiger partial charge is 0.465 e. The number of nitrogen functional groups attached to an aromatic ring is 1. The molecular formula is C39H28Cl2N8O3. The Morgan fingerprint density at radius 2 is 1.10 bits per heavy atom. The van der Waals surface area contributed by atoms with Gasteiger partial charge in [-0.05, 0) is 60.7 Å². The predicted octanol–water partition coefficient (Wildman–Crippen LogP) is 8.75. The summed E-state index contributed by atoms with van der Waals surface area (Å²) >= 11 is 12.2. The summed E-state index contributed by atoms with van der Waals surface area (Å²) < 4.78 is 4.90. The number of amides is 1. The summed E-state index contributed by atoms with van der Waals surface area (Å²) in [6, 6.07) is 29.3. The summed E-state index contributed by atoms with van der Waals surface area (Å²) in [4.78, 5) is 42.2. The fourth-order valence-corrected chi connectivity index (χ4v) is 6.25. The molecule has 0 radical (unpaired) electrons. The lowest BCUT2D eigenvalue weighted by atomic mass is 10.0. The van der Waals surface area contributed by atoms with Gasteiger partial charge in [-0.1, -0.05) is 59.6 Å². The fraction of sp³-hybridized carbons (Fsp3) is 0.0256. The molecule has 8 aromatic rings. The van der Waals surface area contributed by atoms with Gasteiger partial charge in [0.1, 0.15) is 11.6 Å². The smallest absolute Gasteiger partial charge is 0.340 e. The lowest BCUT2D eigenvalue weighted by Crippen LogP contribution is -2.30. The number of hydrazine groups is 1. The summed E-state index contributed by atoms with van der Waals surface area (Å²) in [6.07, 6.45) is 6.94. The van der Waals surface area contributed by atoms with Crippen LogP contribution in [0.3, 0.4) is 0 Å². The standard InChI is InChI=1S/C20H14ClN3O2.C19H14ClN5O/c1-26-20(25)16-7-3-6-14-17-11-22-9-8-15(17)19(24-18(14)16)23-13-5-2-4-12(21)10-13;20-11-3-1-4-12(9-11)23-18-14-7-8-22-10-16(14)13-5-2-6-15(17(13)24-18)19(26)25-21/h2-11H,1H3,(H,23,24);1-10H,21H2,(H,23,24)(H,25,26). The van der Waals surface area contributed by atoms with Crippen LogP contribution in [0.25, 0.3) is 43.4 Å². The number of nitrogens with one attached hydrogen (secondary N) is 3. The number of hydrogen-bond donors (Lipinski definition) is 4. The number of carbonyl (C=O) groups excluding carboxylic acids is 2. The molecule has 0 aliphatic carbocycles. The van der Waals surface area contributed by atoms with Gasteiger partial charge in [-0.3, -0.25) is 20.2 Å². The molecule has 0 saturated heterocycles. The monoisotopic (exact) mass is 726 g/mol. The zero-order valence-corrected chi connectivity index (χ0v) is 28.9. The van der Waals surface area contributed by atoms with Gasteiger partial charge in [-0.25, -0.2) is 20.6 Å². The van der Waals surface area contributed by atoms with Crippen LogP contribution in [0.2, 0.25) is 10.0 Å². The number of nitrogens with zero attached hydrogens (tertiary/aromatic N) is 4. The SMILES string of the molecule is COC(=O)c1cccc2c1nc(Nc1cccc(Cl)c1)c1ccncc12.NNC(=O)c1cccc2c1nc(Nc1cccc(Cl)c1)c1ccncc12. The quantitative estimate of drug-likeness (QED) is 0.0429. The van der Waals surface area contributed by atoms with Crippen LogP contribution in [0.15, 0.2) is 122 Å². The molecule has 0 aliphatic heterocycles. The van der Waals surface area contributed by atoms with E-state index in [4.69, 9.17) is 43.7 Å². The molecule has 0 fully saturated rings. The number of carbonyl (C=O) groups is 2. The zero-order chi connectivity index (χ0) is 36.2. The maximum Gasteiger partial charge on any atom is 0.340 e. The van der Waals surface area contributed by atoms with E-state index in [2.05, 4.69) is 26.0 Å². The average Bonchev–Trinajstić information content (AvgIpc) is 3.17. The second kappa shape index (κ2) is 14.8. The van der Waals surface area contributed by atoms with Crippen LogP contribution in [0, 0.1) is 0 Å². The van der Waals surface area contributed by atoms with Gasteiger partial charge in [0.25, 0.3) is 5.91 Å². The van der Waals surface area contributed by atoms with E-state index in [0.717, 1.165) is 43.7 Å². The Morgan fingerprint density at radius 3 is 1.58 bits per heavy atom. The molecular weight excluding hydrogens is 699 g/mol. The second-order valence-corrected chi connectivity index (χ2v) is 12.3. The molecule has 0 unspecified atom stereocenters. The van der Waals surface area contributed by atoms with Crippen molar-refractivity contribution < 1.29 is 14.3 Å². The van der Waals surface area contributed by atoms with Gasteiger partial charge >= 0.3 is 5.97 Å². The van der Waals surface area contributed by atoms with E-state index >= 15 is 0 Å². The van der Waals surface area contributed by atoms with Crippen LogP contribution in [-0.4, -0.2) is 38.9 Å². The highest BCUT2D eigenvalue weighted by Crippen LogP contribution is 2.34. The Morgan fingerprint density at radius 1 is 0.615 bits per heavy atom. The molecule has 0 bridgehead atoms. The first-order valence-electron chi connectivity index (χ1n) is 15.8.